The summed E-state index contributed by atoms with van der Waals surface area (Å²) in [5.74, 6) is -0.936. The molecule has 7 heteroatoms. The Kier molecular flexibility index (Phi) is 6.13. The van der Waals surface area contributed by atoms with Crippen molar-refractivity contribution in [3.8, 4) is 0 Å². The van der Waals surface area contributed by atoms with Crippen LogP contribution >= 0.6 is 15.9 Å². The molecule has 0 aliphatic heterocycles. The minimum absolute atomic E-state index is 0.0537. The summed E-state index contributed by atoms with van der Waals surface area (Å²) in [6.07, 6.45) is 2.91. The first kappa shape index (κ1) is 17.0. The van der Waals surface area contributed by atoms with Gasteiger partial charge >= 0.3 is 0 Å². The van der Waals surface area contributed by atoms with Gasteiger partial charge in [0.05, 0.1) is 12.9 Å². The number of hydrogen-bond acceptors (Lipinski definition) is 4. The molecule has 0 aliphatic rings. The Morgan fingerprint density at radius 3 is 2.74 bits per heavy atom. The second kappa shape index (κ2) is 8.30. The maximum absolute atomic E-state index is 12.1. The minimum Gasteiger partial charge on any atom is -0.459 e. The van der Waals surface area contributed by atoms with Crippen LogP contribution in [0.3, 0.4) is 0 Å². The van der Waals surface area contributed by atoms with Crippen LogP contribution in [0.15, 0.2) is 57.2 Å². The lowest BCUT2D eigenvalue weighted by molar-refractivity contribution is -0.117. The highest BCUT2D eigenvalue weighted by molar-refractivity contribution is 9.10. The van der Waals surface area contributed by atoms with E-state index >= 15 is 0 Å². The molecule has 120 valence electrons. The number of rotatable bonds is 6. The summed E-state index contributed by atoms with van der Waals surface area (Å²) in [6, 6.07) is 10.3. The molecule has 2 rings (SSSR count). The molecule has 0 spiro atoms. The third-order valence-electron chi connectivity index (χ3n) is 2.79. The molecule has 1 aromatic heterocycles. The summed E-state index contributed by atoms with van der Waals surface area (Å²) in [4.78, 5) is 24.2. The molecule has 0 bridgehead atoms. The zero-order valence-corrected chi connectivity index (χ0v) is 13.7. The smallest absolute Gasteiger partial charge is 0.291 e. The molecule has 1 heterocycles. The molecule has 2 aromatic rings. The van der Waals surface area contributed by atoms with Crippen LogP contribution in [-0.2, 0) is 4.79 Å². The Balaban J connectivity index is 2.24. The van der Waals surface area contributed by atoms with Gasteiger partial charge < -0.3 is 20.2 Å². The largest absolute Gasteiger partial charge is 0.459 e. The van der Waals surface area contributed by atoms with Crippen LogP contribution < -0.4 is 10.6 Å². The van der Waals surface area contributed by atoms with E-state index in [1.54, 1.807) is 18.2 Å². The maximum Gasteiger partial charge on any atom is 0.291 e. The predicted molar refractivity (Wildman–Crippen MR) is 88.4 cm³/mol. The van der Waals surface area contributed by atoms with Crippen molar-refractivity contribution in [3.05, 3.63) is 64.2 Å². The Morgan fingerprint density at radius 1 is 1.26 bits per heavy atom. The normalized spacial score (nSPS) is 11.1. The van der Waals surface area contributed by atoms with E-state index in [-0.39, 0.29) is 24.6 Å². The first-order valence-electron chi connectivity index (χ1n) is 6.81. The summed E-state index contributed by atoms with van der Waals surface area (Å²) in [5.41, 5.74) is 0.784. The molecule has 6 nitrogen and oxygen atoms in total. The SMILES string of the molecule is O=C(NCCO)/C(=C\c1cccc(Br)c1)NC(=O)c1ccco1. The highest BCUT2D eigenvalue weighted by Gasteiger charge is 2.15. The van der Waals surface area contributed by atoms with Crippen LogP contribution in [0.4, 0.5) is 0 Å². The molecular formula is C16H15BrN2O4. The molecule has 3 N–H and O–H groups in total. The van der Waals surface area contributed by atoms with Gasteiger partial charge in [0.1, 0.15) is 5.70 Å². The van der Waals surface area contributed by atoms with Crippen LogP contribution in [0.2, 0.25) is 0 Å². The van der Waals surface area contributed by atoms with E-state index < -0.39 is 11.8 Å². The maximum atomic E-state index is 12.1. The number of benzene rings is 1. The highest BCUT2D eigenvalue weighted by Crippen LogP contribution is 2.14. The molecule has 0 aliphatic carbocycles. The van der Waals surface area contributed by atoms with E-state index in [1.807, 2.05) is 12.1 Å². The number of furan rings is 1. The van der Waals surface area contributed by atoms with Crippen molar-refractivity contribution in [2.75, 3.05) is 13.2 Å². The summed E-state index contributed by atoms with van der Waals surface area (Å²) in [7, 11) is 0. The van der Waals surface area contributed by atoms with Gasteiger partial charge in [-0.3, -0.25) is 9.59 Å². The average molecular weight is 379 g/mol. The second-order valence-electron chi connectivity index (χ2n) is 4.52. The van der Waals surface area contributed by atoms with Gasteiger partial charge in [0.2, 0.25) is 0 Å². The molecular weight excluding hydrogens is 364 g/mol. The Labute approximate surface area is 141 Å². The zero-order chi connectivity index (χ0) is 16.7. The van der Waals surface area contributed by atoms with Crippen molar-refractivity contribution in [1.82, 2.24) is 10.6 Å². The second-order valence-corrected chi connectivity index (χ2v) is 5.44. The monoisotopic (exact) mass is 378 g/mol. The number of halogens is 1. The van der Waals surface area contributed by atoms with Crippen molar-refractivity contribution in [2.45, 2.75) is 0 Å². The van der Waals surface area contributed by atoms with Gasteiger partial charge in [-0.1, -0.05) is 28.1 Å². The third kappa shape index (κ3) is 5.08. The number of hydrogen-bond donors (Lipinski definition) is 3. The average Bonchev–Trinajstić information content (AvgIpc) is 3.06. The Bertz CT molecular complexity index is 711. The van der Waals surface area contributed by atoms with Crippen molar-refractivity contribution in [2.24, 2.45) is 0 Å². The number of carbonyl (C=O) groups excluding carboxylic acids is 2. The lowest BCUT2D eigenvalue weighted by atomic mass is 10.2. The van der Waals surface area contributed by atoms with Gasteiger partial charge in [-0.25, -0.2) is 0 Å². The summed E-state index contributed by atoms with van der Waals surface area (Å²) < 4.78 is 5.85. The van der Waals surface area contributed by atoms with Crippen molar-refractivity contribution in [1.29, 1.82) is 0 Å². The van der Waals surface area contributed by atoms with E-state index in [0.717, 1.165) is 10.0 Å². The molecule has 2 amide bonds. The Morgan fingerprint density at radius 2 is 2.09 bits per heavy atom. The van der Waals surface area contributed by atoms with Crippen molar-refractivity contribution in [3.63, 3.8) is 0 Å². The number of carbonyl (C=O) groups is 2. The molecule has 0 radical (unpaired) electrons. The minimum atomic E-state index is -0.532. The van der Waals surface area contributed by atoms with Gasteiger partial charge in [-0.2, -0.15) is 0 Å². The van der Waals surface area contributed by atoms with Crippen LogP contribution in [-0.4, -0.2) is 30.1 Å². The van der Waals surface area contributed by atoms with Gasteiger partial charge in [-0.15, -0.1) is 0 Å². The fraction of sp³-hybridized carbons (Fsp3) is 0.125. The van der Waals surface area contributed by atoms with Crippen LogP contribution in [0, 0.1) is 0 Å². The fourth-order valence-electron chi connectivity index (χ4n) is 1.78. The van der Waals surface area contributed by atoms with E-state index in [4.69, 9.17) is 9.52 Å². The van der Waals surface area contributed by atoms with Gasteiger partial charge in [0.25, 0.3) is 11.8 Å². The van der Waals surface area contributed by atoms with Gasteiger partial charge in [0.15, 0.2) is 5.76 Å². The van der Waals surface area contributed by atoms with Crippen LogP contribution in [0.5, 0.6) is 0 Å². The first-order chi connectivity index (χ1) is 11.1. The quantitative estimate of drug-likeness (QED) is 0.669. The van der Waals surface area contributed by atoms with E-state index in [1.165, 1.54) is 18.4 Å². The molecule has 0 saturated heterocycles. The lowest BCUT2D eigenvalue weighted by Gasteiger charge is -2.09. The molecule has 0 fully saturated rings. The van der Waals surface area contributed by atoms with Gasteiger partial charge in [-0.05, 0) is 35.9 Å². The summed E-state index contributed by atoms with van der Waals surface area (Å²) >= 11 is 3.35. The molecule has 23 heavy (non-hydrogen) atoms. The van der Waals surface area contributed by atoms with E-state index in [2.05, 4.69) is 26.6 Å². The number of nitrogens with one attached hydrogen (secondary N) is 2. The standard InChI is InChI=1S/C16H15BrN2O4/c17-12-4-1-3-11(9-12)10-13(15(21)18-6-7-20)19-16(22)14-5-2-8-23-14/h1-5,8-10,20H,6-7H2,(H,18,21)(H,19,22)/b13-10+. The predicted octanol–water partition coefficient (Wildman–Crippen LogP) is 1.92. The van der Waals surface area contributed by atoms with Crippen molar-refractivity contribution >= 4 is 33.8 Å². The first-order valence-corrected chi connectivity index (χ1v) is 7.60. The number of aliphatic hydroxyl groups is 1. The topological polar surface area (TPSA) is 91.6 Å². The molecule has 0 saturated carbocycles. The van der Waals surface area contributed by atoms with E-state index in [9.17, 15) is 9.59 Å². The lowest BCUT2D eigenvalue weighted by Crippen LogP contribution is -2.36. The number of aliphatic hydroxyl groups excluding tert-OH is 1. The molecule has 0 unspecified atom stereocenters. The van der Waals surface area contributed by atoms with Gasteiger partial charge in [0, 0.05) is 11.0 Å². The van der Waals surface area contributed by atoms with Crippen molar-refractivity contribution < 1.29 is 19.1 Å². The Hall–Kier alpha value is -2.38. The summed E-state index contributed by atoms with van der Waals surface area (Å²) in [6.45, 7) is -0.104. The molecule has 0 atom stereocenters. The van der Waals surface area contributed by atoms with Crippen LogP contribution in [0.1, 0.15) is 16.1 Å². The van der Waals surface area contributed by atoms with E-state index in [0.29, 0.717) is 0 Å². The molecule has 1 aromatic carbocycles. The number of amides is 2. The summed E-state index contributed by atoms with van der Waals surface area (Å²) in [5, 5.41) is 13.8. The highest BCUT2D eigenvalue weighted by atomic mass is 79.9. The van der Waals surface area contributed by atoms with Crippen LogP contribution in [0.25, 0.3) is 6.08 Å². The third-order valence-corrected chi connectivity index (χ3v) is 3.29. The zero-order valence-electron chi connectivity index (χ0n) is 12.1. The fourth-order valence-corrected chi connectivity index (χ4v) is 2.19.